The molecule has 2 amide bonds. The molecule has 0 spiro atoms. The third kappa shape index (κ3) is 1.58. The highest BCUT2D eigenvalue weighted by Crippen LogP contribution is 2.06. The van der Waals surface area contributed by atoms with Crippen LogP contribution in [-0.2, 0) is 10.0 Å². The summed E-state index contributed by atoms with van der Waals surface area (Å²) in [4.78, 5) is 10.8. The summed E-state index contributed by atoms with van der Waals surface area (Å²) < 4.78 is 23.2. The SMILES string of the molecule is C=CCS(=O)(=O)N1CC[N]C1=O. The second-order valence-electron chi connectivity index (χ2n) is 2.30. The minimum atomic E-state index is -3.49. The van der Waals surface area contributed by atoms with Gasteiger partial charge in [-0.2, -0.15) is 0 Å². The van der Waals surface area contributed by atoms with Crippen LogP contribution in [0.2, 0.25) is 0 Å². The van der Waals surface area contributed by atoms with Crippen LogP contribution in [-0.4, -0.2) is 37.6 Å². The van der Waals surface area contributed by atoms with Crippen LogP contribution in [0.1, 0.15) is 0 Å². The summed E-state index contributed by atoms with van der Waals surface area (Å²) in [5.41, 5.74) is 0. The van der Waals surface area contributed by atoms with E-state index in [9.17, 15) is 13.2 Å². The average Bonchev–Trinajstić information content (AvgIpc) is 2.35. The van der Waals surface area contributed by atoms with Crippen LogP contribution in [0.5, 0.6) is 0 Å². The maximum atomic E-state index is 11.2. The number of hydrogen-bond acceptors (Lipinski definition) is 3. The van der Waals surface area contributed by atoms with Crippen LogP contribution in [0.3, 0.4) is 0 Å². The Morgan fingerprint density at radius 2 is 2.33 bits per heavy atom. The molecule has 6 heteroatoms. The molecule has 12 heavy (non-hydrogen) atoms. The van der Waals surface area contributed by atoms with Crippen molar-refractivity contribution in [3.05, 3.63) is 12.7 Å². The van der Waals surface area contributed by atoms with Crippen molar-refractivity contribution in [1.29, 1.82) is 0 Å². The van der Waals surface area contributed by atoms with Gasteiger partial charge < -0.3 is 0 Å². The smallest absolute Gasteiger partial charge is 0.245 e. The van der Waals surface area contributed by atoms with E-state index < -0.39 is 16.1 Å². The molecule has 0 aromatic rings. The number of urea groups is 1. The molecule has 67 valence electrons. The summed E-state index contributed by atoms with van der Waals surface area (Å²) in [5, 5.41) is 3.44. The summed E-state index contributed by atoms with van der Waals surface area (Å²) in [7, 11) is -3.49. The van der Waals surface area contributed by atoms with Gasteiger partial charge in [-0.1, -0.05) is 6.08 Å². The molecule has 1 heterocycles. The van der Waals surface area contributed by atoms with E-state index in [0.29, 0.717) is 0 Å². The standard InChI is InChI=1S/C6H9N2O3S/c1-2-5-12(10,11)8-4-3-7-6(8)9/h2H,1,3-5H2. The Labute approximate surface area is 71.1 Å². The molecule has 1 rings (SSSR count). The maximum Gasteiger partial charge on any atom is 0.352 e. The zero-order chi connectivity index (χ0) is 9.19. The monoisotopic (exact) mass is 189 g/mol. The second kappa shape index (κ2) is 3.14. The van der Waals surface area contributed by atoms with E-state index in [1.807, 2.05) is 0 Å². The van der Waals surface area contributed by atoms with Crippen molar-refractivity contribution in [1.82, 2.24) is 9.62 Å². The fraction of sp³-hybridized carbons (Fsp3) is 0.500. The van der Waals surface area contributed by atoms with Gasteiger partial charge in [-0.3, -0.25) is 0 Å². The molecule has 1 saturated heterocycles. The first-order valence-electron chi connectivity index (χ1n) is 3.40. The van der Waals surface area contributed by atoms with Gasteiger partial charge in [0.05, 0.1) is 18.8 Å². The Balaban J connectivity index is 2.81. The Morgan fingerprint density at radius 1 is 1.67 bits per heavy atom. The zero-order valence-electron chi connectivity index (χ0n) is 6.43. The number of carbonyl (C=O) groups is 1. The molecule has 1 aliphatic heterocycles. The Morgan fingerprint density at radius 3 is 2.75 bits per heavy atom. The summed E-state index contributed by atoms with van der Waals surface area (Å²) in [6.45, 7) is 3.72. The molecule has 1 radical (unpaired) electrons. The van der Waals surface area contributed by atoms with Gasteiger partial charge in [0.25, 0.3) is 0 Å². The predicted octanol–water partition coefficient (Wildman–Crippen LogP) is -0.458. The lowest BCUT2D eigenvalue weighted by Crippen LogP contribution is -2.34. The van der Waals surface area contributed by atoms with E-state index in [2.05, 4.69) is 11.9 Å². The first-order valence-corrected chi connectivity index (χ1v) is 5.01. The quantitative estimate of drug-likeness (QED) is 0.564. The van der Waals surface area contributed by atoms with Crippen LogP contribution in [0.25, 0.3) is 0 Å². The van der Waals surface area contributed by atoms with Crippen molar-refractivity contribution >= 4 is 16.1 Å². The normalized spacial score (nSPS) is 17.7. The van der Waals surface area contributed by atoms with E-state index in [4.69, 9.17) is 0 Å². The summed E-state index contributed by atoms with van der Waals surface area (Å²) in [6, 6.07) is -0.670. The van der Waals surface area contributed by atoms with Crippen LogP contribution < -0.4 is 5.32 Å². The van der Waals surface area contributed by atoms with Gasteiger partial charge in [0.1, 0.15) is 0 Å². The average molecular weight is 189 g/mol. The highest BCUT2D eigenvalue weighted by Gasteiger charge is 2.31. The lowest BCUT2D eigenvalue weighted by molar-refractivity contribution is 0.235. The largest absolute Gasteiger partial charge is 0.352 e. The van der Waals surface area contributed by atoms with Gasteiger partial charge in [-0.15, -0.1) is 6.58 Å². The molecule has 0 N–H and O–H groups in total. The first-order chi connectivity index (χ1) is 5.58. The van der Waals surface area contributed by atoms with Crippen LogP contribution in [0, 0.1) is 0 Å². The van der Waals surface area contributed by atoms with Gasteiger partial charge in [-0.05, 0) is 0 Å². The molecule has 0 atom stereocenters. The highest BCUT2D eigenvalue weighted by atomic mass is 32.2. The number of sulfonamides is 1. The van der Waals surface area contributed by atoms with Crippen LogP contribution >= 0.6 is 0 Å². The highest BCUT2D eigenvalue weighted by molar-refractivity contribution is 7.89. The van der Waals surface area contributed by atoms with E-state index in [1.54, 1.807) is 0 Å². The van der Waals surface area contributed by atoms with Crippen LogP contribution in [0.4, 0.5) is 4.79 Å². The summed E-state index contributed by atoms with van der Waals surface area (Å²) >= 11 is 0. The topological polar surface area (TPSA) is 68.6 Å². The van der Waals surface area contributed by atoms with Crippen molar-refractivity contribution in [3.63, 3.8) is 0 Å². The number of amides is 2. The Kier molecular flexibility index (Phi) is 2.37. The van der Waals surface area contributed by atoms with Crippen molar-refractivity contribution in [3.8, 4) is 0 Å². The van der Waals surface area contributed by atoms with Crippen molar-refractivity contribution in [2.45, 2.75) is 0 Å². The van der Waals surface area contributed by atoms with Gasteiger partial charge in [0.15, 0.2) is 0 Å². The molecule has 0 bridgehead atoms. The number of carbonyl (C=O) groups excluding carboxylic acids is 1. The molecule has 5 nitrogen and oxygen atoms in total. The van der Waals surface area contributed by atoms with Crippen molar-refractivity contribution in [2.75, 3.05) is 18.8 Å². The number of hydrogen-bond donors (Lipinski definition) is 0. The molecular formula is C6H9N2O3S. The minimum absolute atomic E-state index is 0.162. The zero-order valence-corrected chi connectivity index (χ0v) is 7.25. The fourth-order valence-corrected chi connectivity index (χ4v) is 2.04. The molecule has 0 unspecified atom stereocenters. The maximum absolute atomic E-state index is 11.2. The molecule has 0 aromatic heterocycles. The first kappa shape index (κ1) is 9.05. The van der Waals surface area contributed by atoms with E-state index in [0.717, 1.165) is 4.31 Å². The number of nitrogens with zero attached hydrogens (tertiary/aromatic N) is 2. The fourth-order valence-electron chi connectivity index (χ4n) is 0.908. The van der Waals surface area contributed by atoms with Crippen LogP contribution in [0.15, 0.2) is 12.7 Å². The van der Waals surface area contributed by atoms with Crippen molar-refractivity contribution in [2.24, 2.45) is 0 Å². The van der Waals surface area contributed by atoms with E-state index in [1.165, 1.54) is 6.08 Å². The minimum Gasteiger partial charge on any atom is -0.245 e. The van der Waals surface area contributed by atoms with Gasteiger partial charge in [0.2, 0.25) is 10.0 Å². The summed E-state index contributed by atoms with van der Waals surface area (Å²) in [5.74, 6) is -0.214. The number of rotatable bonds is 3. The third-order valence-electron chi connectivity index (χ3n) is 1.43. The molecule has 1 fully saturated rings. The lowest BCUT2D eigenvalue weighted by Gasteiger charge is -2.11. The van der Waals surface area contributed by atoms with E-state index in [-0.39, 0.29) is 18.8 Å². The predicted molar refractivity (Wildman–Crippen MR) is 43.1 cm³/mol. The lowest BCUT2D eigenvalue weighted by atomic mass is 10.7. The molecular weight excluding hydrogens is 180 g/mol. The second-order valence-corrected chi connectivity index (χ2v) is 4.24. The molecule has 1 aliphatic rings. The van der Waals surface area contributed by atoms with Crippen molar-refractivity contribution < 1.29 is 13.2 Å². The molecule has 0 aliphatic carbocycles. The van der Waals surface area contributed by atoms with Gasteiger partial charge in [0, 0.05) is 0 Å². The Hall–Kier alpha value is -1.04. The van der Waals surface area contributed by atoms with Gasteiger partial charge >= 0.3 is 6.03 Å². The molecule has 0 saturated carbocycles. The molecule has 0 aromatic carbocycles. The van der Waals surface area contributed by atoms with Gasteiger partial charge in [-0.25, -0.2) is 22.8 Å². The van der Waals surface area contributed by atoms with E-state index >= 15 is 0 Å². The Bertz CT molecular complexity index is 296. The third-order valence-corrected chi connectivity index (χ3v) is 3.10. The summed E-state index contributed by atoms with van der Waals surface area (Å²) in [6.07, 6.45) is 1.25.